The molecule has 0 bridgehead atoms. The van der Waals surface area contributed by atoms with Crippen molar-refractivity contribution in [3.05, 3.63) is 302 Å². The minimum Gasteiger partial charge on any atom is -0.356 e. The van der Waals surface area contributed by atoms with Crippen LogP contribution in [0.5, 0.6) is 0 Å². The number of para-hydroxylation sites is 5. The first-order valence-corrected chi connectivity index (χ1v) is 28.4. The van der Waals surface area contributed by atoms with Gasteiger partial charge in [0.05, 0.1) is 11.4 Å². The molecule has 6 heteroatoms. The van der Waals surface area contributed by atoms with Crippen LogP contribution >= 0.6 is 0 Å². The van der Waals surface area contributed by atoms with E-state index >= 15 is 0 Å². The molecule has 81 heavy (non-hydrogen) atoms. The summed E-state index contributed by atoms with van der Waals surface area (Å²) in [5.41, 5.74) is 18.8. The number of hydrogen-bond donors (Lipinski definition) is 1. The molecule has 0 aliphatic heterocycles. The lowest BCUT2D eigenvalue weighted by molar-refractivity contribution is 0.936. The number of benzene rings is 10. The molecule has 3 aliphatic rings. The van der Waals surface area contributed by atoms with E-state index < -0.39 is 0 Å². The molecule has 3 aliphatic carbocycles. The number of nitrogens with one attached hydrogen (secondary N) is 1. The van der Waals surface area contributed by atoms with E-state index in [0.717, 1.165) is 145 Å². The van der Waals surface area contributed by atoms with Gasteiger partial charge in [-0.2, -0.15) is 0 Å². The summed E-state index contributed by atoms with van der Waals surface area (Å²) in [7, 11) is 0. The molecule has 0 atom stereocenters. The largest absolute Gasteiger partial charge is 0.356 e. The lowest BCUT2D eigenvalue weighted by Crippen LogP contribution is -2.20. The smallest absolute Gasteiger partial charge is 0.220 e. The maximum Gasteiger partial charge on any atom is 0.220 e. The van der Waals surface area contributed by atoms with Gasteiger partial charge in [-0.05, 0) is 210 Å². The molecule has 0 fully saturated rings. The van der Waals surface area contributed by atoms with Gasteiger partial charge in [0.1, 0.15) is 0 Å². The van der Waals surface area contributed by atoms with Crippen molar-refractivity contribution in [1.29, 1.82) is 0 Å². The first-order chi connectivity index (χ1) is 40.2. The molecule has 390 valence electrons. The Labute approximate surface area is 474 Å². The number of rotatable bonds is 14. The summed E-state index contributed by atoms with van der Waals surface area (Å²) in [4.78, 5) is 12.7. The third-order valence-electron chi connectivity index (χ3n) is 15.8. The van der Waals surface area contributed by atoms with Crippen molar-refractivity contribution >= 4 is 79.1 Å². The number of fused-ring (bicyclic) bond motifs is 3. The van der Waals surface area contributed by atoms with Gasteiger partial charge in [0.15, 0.2) is 0 Å². The molecule has 0 amide bonds. The molecular weight excluding hydrogens is 985 g/mol. The van der Waals surface area contributed by atoms with E-state index in [1.54, 1.807) is 0 Å². The summed E-state index contributed by atoms with van der Waals surface area (Å²) in [6, 6.07) is 85.7. The fourth-order valence-corrected chi connectivity index (χ4v) is 12.1. The molecule has 0 saturated heterocycles. The SMILES string of the molecule is C1=CC(N(c2ccccc2)c2ccc(-c3c4ccc(N(C5=CCCC=C5)c5nc6c(n5-c5ccccc5)C=CCC6)cc4c(-c4ccc(N(c5ccccc5)c5ccccc5)cc4)c4ccc(Nc5ccccc5)cc34)cc2)=CCC1. The number of anilines is 9. The number of allylic oxidation sites excluding steroid dienone is 7. The number of hydrogen-bond acceptors (Lipinski definition) is 5. The highest BCUT2D eigenvalue weighted by molar-refractivity contribution is 6.22. The van der Waals surface area contributed by atoms with Gasteiger partial charge in [-0.1, -0.05) is 158 Å². The average molecular weight is 1050 g/mol. The zero-order valence-corrected chi connectivity index (χ0v) is 45.1. The molecule has 6 nitrogen and oxygen atoms in total. The average Bonchev–Trinajstić information content (AvgIpc) is 3.95. The fourth-order valence-electron chi connectivity index (χ4n) is 12.1. The Morgan fingerprint density at radius 2 is 0.827 bits per heavy atom. The van der Waals surface area contributed by atoms with Crippen LogP contribution in [0.2, 0.25) is 0 Å². The van der Waals surface area contributed by atoms with Gasteiger partial charge in [0.2, 0.25) is 5.95 Å². The molecule has 0 spiro atoms. The Bertz CT molecular complexity index is 4180. The van der Waals surface area contributed by atoms with Crippen molar-refractivity contribution in [3.63, 3.8) is 0 Å². The van der Waals surface area contributed by atoms with Gasteiger partial charge >= 0.3 is 0 Å². The standard InChI is InChI=1S/C75H60N6/c1-8-24-56(25-9-1)76-57-44-50-67-69(52-57)73(54-40-45-64(46-41-54)78(58-26-10-2-11-27-58)59-28-12-3-13-29-59)68-51-49-66(80(62-34-18-6-19-35-62)75-77-71-38-22-23-39-72(71)81(75)63-36-20-7-21-37-63)53-70(68)74(67)55-42-47-65(48-43-55)79(60-30-14-4-15-31-60)61-32-16-5-17-33-61/h1-2,4-5,7-12,14-18,20-21,23-37,39-53,76H,3,6,13,19,22,38H2. The Hall–Kier alpha value is -10.2. The second-order valence-corrected chi connectivity index (χ2v) is 20.9. The zero-order chi connectivity index (χ0) is 53.9. The zero-order valence-electron chi connectivity index (χ0n) is 45.1. The van der Waals surface area contributed by atoms with E-state index in [-0.39, 0.29) is 0 Å². The van der Waals surface area contributed by atoms with E-state index in [9.17, 15) is 0 Å². The molecule has 11 aromatic rings. The van der Waals surface area contributed by atoms with Crippen molar-refractivity contribution in [2.45, 2.75) is 38.5 Å². The number of nitrogens with zero attached hydrogens (tertiary/aromatic N) is 5. The van der Waals surface area contributed by atoms with Gasteiger partial charge in [0, 0.05) is 62.6 Å². The highest BCUT2D eigenvalue weighted by Gasteiger charge is 2.28. The van der Waals surface area contributed by atoms with Crippen LogP contribution in [0.15, 0.2) is 291 Å². The molecule has 1 aromatic heterocycles. The Morgan fingerprint density at radius 1 is 0.358 bits per heavy atom. The minimum atomic E-state index is 0.877. The Kier molecular flexibility index (Phi) is 13.3. The maximum absolute atomic E-state index is 5.59. The first-order valence-electron chi connectivity index (χ1n) is 28.4. The van der Waals surface area contributed by atoms with Gasteiger partial charge in [-0.25, -0.2) is 4.98 Å². The first kappa shape index (κ1) is 49.1. The third kappa shape index (κ3) is 9.61. The predicted octanol–water partition coefficient (Wildman–Crippen LogP) is 20.4. The van der Waals surface area contributed by atoms with Crippen LogP contribution in [0.4, 0.5) is 51.4 Å². The maximum atomic E-state index is 5.59. The highest BCUT2D eigenvalue weighted by atomic mass is 15.3. The van der Waals surface area contributed by atoms with Gasteiger partial charge in [-0.15, -0.1) is 0 Å². The predicted molar refractivity (Wildman–Crippen MR) is 341 cm³/mol. The molecule has 14 rings (SSSR count). The second-order valence-electron chi connectivity index (χ2n) is 20.9. The van der Waals surface area contributed by atoms with Crippen LogP contribution in [0.3, 0.4) is 0 Å². The number of aromatic nitrogens is 2. The van der Waals surface area contributed by atoms with Crippen molar-refractivity contribution in [2.75, 3.05) is 20.0 Å². The van der Waals surface area contributed by atoms with E-state index in [4.69, 9.17) is 4.98 Å². The van der Waals surface area contributed by atoms with Gasteiger partial charge in [-0.3, -0.25) is 9.47 Å². The van der Waals surface area contributed by atoms with E-state index in [1.165, 1.54) is 16.8 Å². The molecule has 0 unspecified atom stereocenters. The van der Waals surface area contributed by atoms with Crippen LogP contribution in [0.1, 0.15) is 43.5 Å². The summed E-state index contributed by atoms with van der Waals surface area (Å²) < 4.78 is 2.36. The molecule has 1 N–H and O–H groups in total. The Balaban J connectivity index is 1.02. The normalized spacial score (nSPS) is 13.6. The van der Waals surface area contributed by atoms with E-state index in [0.29, 0.717) is 0 Å². The van der Waals surface area contributed by atoms with Crippen LogP contribution < -0.4 is 20.0 Å². The van der Waals surface area contributed by atoms with Crippen LogP contribution in [0, 0.1) is 0 Å². The lowest BCUT2D eigenvalue weighted by Gasteiger charge is -2.29. The topological polar surface area (TPSA) is 39.6 Å². The van der Waals surface area contributed by atoms with Crippen LogP contribution in [-0.2, 0) is 6.42 Å². The van der Waals surface area contributed by atoms with Crippen LogP contribution in [0.25, 0.3) is 55.6 Å². The highest BCUT2D eigenvalue weighted by Crippen LogP contribution is 2.49. The Morgan fingerprint density at radius 3 is 1.40 bits per heavy atom. The fraction of sp³-hybridized carbons (Fsp3) is 0.0800. The summed E-state index contributed by atoms with van der Waals surface area (Å²) in [5.74, 6) is 0.877. The summed E-state index contributed by atoms with van der Waals surface area (Å²) >= 11 is 0. The van der Waals surface area contributed by atoms with Crippen molar-refractivity contribution < 1.29 is 0 Å². The summed E-state index contributed by atoms with van der Waals surface area (Å²) in [5, 5.41) is 8.39. The summed E-state index contributed by atoms with van der Waals surface area (Å²) in [6.07, 6.45) is 24.3. The van der Waals surface area contributed by atoms with E-state index in [2.05, 4.69) is 310 Å². The minimum absolute atomic E-state index is 0.877. The van der Waals surface area contributed by atoms with Gasteiger partial charge in [0.25, 0.3) is 0 Å². The second kappa shape index (κ2) is 21.9. The number of aryl methyl sites for hydroxylation is 1. The quantitative estimate of drug-likeness (QED) is 0.110. The molecular formula is C75H60N6. The third-order valence-corrected chi connectivity index (χ3v) is 15.8. The van der Waals surface area contributed by atoms with Crippen molar-refractivity contribution in [3.8, 4) is 27.9 Å². The van der Waals surface area contributed by atoms with Gasteiger partial charge < -0.3 is 15.1 Å². The molecule has 0 radical (unpaired) electrons. The van der Waals surface area contributed by atoms with Crippen molar-refractivity contribution in [1.82, 2.24) is 9.55 Å². The number of imidazole rings is 1. The summed E-state index contributed by atoms with van der Waals surface area (Å²) in [6.45, 7) is 0. The lowest BCUT2D eigenvalue weighted by atomic mass is 9.85. The van der Waals surface area contributed by atoms with E-state index in [1.807, 2.05) is 0 Å². The molecule has 0 saturated carbocycles. The monoisotopic (exact) mass is 1040 g/mol. The molecule has 10 aromatic carbocycles. The van der Waals surface area contributed by atoms with Crippen LogP contribution in [-0.4, -0.2) is 9.55 Å². The van der Waals surface area contributed by atoms with Crippen molar-refractivity contribution in [2.24, 2.45) is 0 Å². The molecule has 1 heterocycles.